The number of ether oxygens (including phenoxy) is 2. The van der Waals surface area contributed by atoms with Crippen molar-refractivity contribution in [3.05, 3.63) is 77.4 Å². The minimum absolute atomic E-state index is 0.0649. The molecule has 170 valence electrons. The van der Waals surface area contributed by atoms with Crippen LogP contribution in [-0.2, 0) is 11.3 Å². The fourth-order valence-electron chi connectivity index (χ4n) is 4.51. The number of hydrogen-bond acceptors (Lipinski definition) is 5. The molecule has 1 unspecified atom stereocenters. The molecule has 1 saturated heterocycles. The number of hydrogen-bond donors (Lipinski definition) is 2. The van der Waals surface area contributed by atoms with Crippen LogP contribution in [0, 0.1) is 0 Å². The van der Waals surface area contributed by atoms with Gasteiger partial charge in [-0.2, -0.15) is 0 Å². The van der Waals surface area contributed by atoms with Gasteiger partial charge in [0, 0.05) is 24.2 Å². The van der Waals surface area contributed by atoms with Gasteiger partial charge in [-0.25, -0.2) is 10.3 Å². The monoisotopic (exact) mass is 447 g/mol. The van der Waals surface area contributed by atoms with E-state index in [1.54, 1.807) is 23.7 Å². The zero-order valence-corrected chi connectivity index (χ0v) is 18.1. The number of carbonyl (C=O) groups is 2. The van der Waals surface area contributed by atoms with Crippen LogP contribution in [0.4, 0.5) is 4.79 Å². The Kier molecular flexibility index (Phi) is 5.85. The first kappa shape index (κ1) is 21.2. The van der Waals surface area contributed by atoms with E-state index >= 15 is 0 Å². The summed E-state index contributed by atoms with van der Waals surface area (Å²) in [4.78, 5) is 29.3. The van der Waals surface area contributed by atoms with Crippen LogP contribution in [-0.4, -0.2) is 59.9 Å². The summed E-state index contributed by atoms with van der Waals surface area (Å²) in [7, 11) is 0. The Morgan fingerprint density at radius 1 is 1.00 bits per heavy atom. The first-order valence-electron chi connectivity index (χ1n) is 11.0. The van der Waals surface area contributed by atoms with E-state index in [-0.39, 0.29) is 24.2 Å². The van der Waals surface area contributed by atoms with Crippen molar-refractivity contribution in [1.82, 2.24) is 15.3 Å². The predicted octanol–water partition coefficient (Wildman–Crippen LogP) is 3.35. The minimum atomic E-state index is -0.613. The van der Waals surface area contributed by atoms with Crippen molar-refractivity contribution in [1.29, 1.82) is 0 Å². The van der Waals surface area contributed by atoms with Crippen LogP contribution in [0.3, 0.4) is 0 Å². The van der Waals surface area contributed by atoms with Crippen molar-refractivity contribution in [2.75, 3.05) is 32.9 Å². The van der Waals surface area contributed by atoms with Gasteiger partial charge in [-0.15, -0.1) is 0 Å². The summed E-state index contributed by atoms with van der Waals surface area (Å²) in [6.07, 6.45) is 0. The molecule has 0 saturated carbocycles. The number of carbonyl (C=O) groups excluding carboxylic acids is 2. The third kappa shape index (κ3) is 4.10. The van der Waals surface area contributed by atoms with Gasteiger partial charge >= 0.3 is 6.03 Å². The largest absolute Gasteiger partial charge is 0.491 e. The third-order valence-corrected chi connectivity index (χ3v) is 6.25. The predicted molar refractivity (Wildman–Crippen MR) is 121 cm³/mol. The van der Waals surface area contributed by atoms with Crippen molar-refractivity contribution in [2.45, 2.75) is 12.6 Å². The Morgan fingerprint density at radius 2 is 1.79 bits per heavy atom. The van der Waals surface area contributed by atoms with E-state index in [0.717, 1.165) is 21.9 Å². The molecule has 0 radical (unpaired) electrons. The number of rotatable bonds is 2. The zero-order chi connectivity index (χ0) is 22.8. The highest BCUT2D eigenvalue weighted by atomic mass is 16.5. The second-order valence-corrected chi connectivity index (χ2v) is 8.17. The summed E-state index contributed by atoms with van der Waals surface area (Å²) >= 11 is 0. The lowest BCUT2D eigenvalue weighted by molar-refractivity contribution is 0.0363. The smallest absolute Gasteiger partial charge is 0.321 e. The molecule has 3 aromatic rings. The molecule has 3 aromatic carbocycles. The molecule has 0 aromatic heterocycles. The number of benzene rings is 3. The van der Waals surface area contributed by atoms with Gasteiger partial charge in [0.25, 0.3) is 5.91 Å². The Labute approximate surface area is 191 Å². The quantitative estimate of drug-likeness (QED) is 0.464. The molecule has 8 heteroatoms. The molecule has 5 rings (SSSR count). The van der Waals surface area contributed by atoms with Crippen LogP contribution in [0.2, 0.25) is 0 Å². The fourth-order valence-corrected chi connectivity index (χ4v) is 4.51. The number of hydroxylamine groups is 1. The van der Waals surface area contributed by atoms with E-state index in [9.17, 15) is 9.59 Å². The molecule has 33 heavy (non-hydrogen) atoms. The third-order valence-electron chi connectivity index (χ3n) is 6.25. The SMILES string of the molecule is O=C(NO)c1ccc2c(c1)OCC(c1cccc3ccccc13)N(C(=O)N1CCOCC1)C2. The van der Waals surface area contributed by atoms with Gasteiger partial charge in [0.2, 0.25) is 0 Å². The molecule has 8 nitrogen and oxygen atoms in total. The molecule has 1 atom stereocenters. The fraction of sp³-hybridized carbons (Fsp3) is 0.280. The lowest BCUT2D eigenvalue weighted by Crippen LogP contribution is -2.49. The van der Waals surface area contributed by atoms with Crippen LogP contribution in [0.5, 0.6) is 5.75 Å². The normalized spacial score (nSPS) is 18.3. The average molecular weight is 447 g/mol. The van der Waals surface area contributed by atoms with Gasteiger partial charge in [0.1, 0.15) is 12.4 Å². The van der Waals surface area contributed by atoms with Gasteiger partial charge in [-0.3, -0.25) is 10.0 Å². The number of amides is 3. The molecular formula is C25H25N3O5. The summed E-state index contributed by atoms with van der Waals surface area (Å²) in [6.45, 7) is 2.69. The maximum absolute atomic E-state index is 13.7. The van der Waals surface area contributed by atoms with Crippen LogP contribution < -0.4 is 10.2 Å². The topological polar surface area (TPSA) is 91.3 Å². The Morgan fingerprint density at radius 3 is 2.61 bits per heavy atom. The zero-order valence-electron chi connectivity index (χ0n) is 18.1. The summed E-state index contributed by atoms with van der Waals surface area (Å²) in [5, 5.41) is 11.2. The van der Waals surface area contributed by atoms with Crippen LogP contribution >= 0.6 is 0 Å². The van der Waals surface area contributed by atoms with Gasteiger partial charge in [0.15, 0.2) is 0 Å². The van der Waals surface area contributed by atoms with E-state index < -0.39 is 5.91 Å². The summed E-state index contributed by atoms with van der Waals surface area (Å²) in [5.41, 5.74) is 3.74. The van der Waals surface area contributed by atoms with Crippen LogP contribution in [0.1, 0.15) is 27.5 Å². The van der Waals surface area contributed by atoms with E-state index in [4.69, 9.17) is 14.7 Å². The van der Waals surface area contributed by atoms with Crippen LogP contribution in [0.25, 0.3) is 10.8 Å². The van der Waals surface area contributed by atoms with Gasteiger partial charge in [-0.05, 0) is 28.5 Å². The number of morpholine rings is 1. The number of nitrogens with zero attached hydrogens (tertiary/aromatic N) is 2. The van der Waals surface area contributed by atoms with Crippen molar-refractivity contribution in [2.24, 2.45) is 0 Å². The molecule has 2 heterocycles. The van der Waals surface area contributed by atoms with Crippen molar-refractivity contribution < 1.29 is 24.3 Å². The van der Waals surface area contributed by atoms with Crippen molar-refractivity contribution in [3.8, 4) is 5.75 Å². The molecule has 0 spiro atoms. The lowest BCUT2D eigenvalue weighted by atomic mass is 9.98. The lowest BCUT2D eigenvalue weighted by Gasteiger charge is -2.36. The molecular weight excluding hydrogens is 422 g/mol. The van der Waals surface area contributed by atoms with Crippen molar-refractivity contribution in [3.63, 3.8) is 0 Å². The molecule has 1 fully saturated rings. The Balaban J connectivity index is 1.57. The first-order chi connectivity index (χ1) is 16.2. The van der Waals surface area contributed by atoms with E-state index in [1.165, 1.54) is 0 Å². The molecule has 0 aliphatic carbocycles. The molecule has 2 aliphatic heterocycles. The highest BCUT2D eigenvalue weighted by Gasteiger charge is 2.34. The van der Waals surface area contributed by atoms with Gasteiger partial charge in [-0.1, -0.05) is 48.5 Å². The highest BCUT2D eigenvalue weighted by molar-refractivity contribution is 5.94. The van der Waals surface area contributed by atoms with Gasteiger partial charge in [0.05, 0.1) is 25.8 Å². The average Bonchev–Trinajstić information content (AvgIpc) is 3.07. The second-order valence-electron chi connectivity index (χ2n) is 8.17. The number of nitrogens with one attached hydrogen (secondary N) is 1. The van der Waals surface area contributed by atoms with Gasteiger partial charge < -0.3 is 19.3 Å². The Hall–Kier alpha value is -3.62. The molecule has 3 amide bonds. The van der Waals surface area contributed by atoms with E-state index in [2.05, 4.69) is 18.2 Å². The van der Waals surface area contributed by atoms with Crippen molar-refractivity contribution >= 4 is 22.7 Å². The highest BCUT2D eigenvalue weighted by Crippen LogP contribution is 2.36. The maximum atomic E-state index is 13.7. The van der Waals surface area contributed by atoms with Crippen LogP contribution in [0.15, 0.2) is 60.7 Å². The second kappa shape index (κ2) is 9.09. The molecule has 2 N–H and O–H groups in total. The summed E-state index contributed by atoms with van der Waals surface area (Å²) in [6, 6.07) is 18.8. The van der Waals surface area contributed by atoms with E-state index in [1.807, 2.05) is 34.1 Å². The standard InChI is InChI=1S/C25H25N3O5/c29-24(26-31)18-8-9-19-15-28(25(30)27-10-12-32-13-11-27)22(16-33-23(19)14-18)21-7-3-5-17-4-1-2-6-20(17)21/h1-9,14,22,31H,10-13,15-16H2,(H,26,29). The first-order valence-corrected chi connectivity index (χ1v) is 11.0. The minimum Gasteiger partial charge on any atom is -0.491 e. The summed E-state index contributed by atoms with van der Waals surface area (Å²) < 4.78 is 11.6. The Bertz CT molecular complexity index is 1190. The molecule has 0 bridgehead atoms. The molecule has 2 aliphatic rings. The summed E-state index contributed by atoms with van der Waals surface area (Å²) in [5.74, 6) is -0.0869. The number of urea groups is 1. The number of fused-ring (bicyclic) bond motifs is 2. The maximum Gasteiger partial charge on any atom is 0.321 e. The van der Waals surface area contributed by atoms with E-state index in [0.29, 0.717) is 38.6 Å².